The molecule has 5 atom stereocenters. The van der Waals surface area contributed by atoms with E-state index < -0.39 is 16.9 Å². The van der Waals surface area contributed by atoms with Crippen LogP contribution in [-0.2, 0) is 19.1 Å². The summed E-state index contributed by atoms with van der Waals surface area (Å²) in [6.45, 7) is 20.6. The summed E-state index contributed by atoms with van der Waals surface area (Å²) < 4.78 is 11.5. The van der Waals surface area contributed by atoms with E-state index in [9.17, 15) is 9.59 Å². The Bertz CT molecular complexity index is 790. The highest BCUT2D eigenvalue weighted by Gasteiger charge is 2.42. The van der Waals surface area contributed by atoms with Gasteiger partial charge in [-0.25, -0.2) is 0 Å². The van der Waals surface area contributed by atoms with Gasteiger partial charge in [0.25, 0.3) is 0 Å². The number of nitrogens with zero attached hydrogens (tertiary/aromatic N) is 1. The smallest absolute Gasteiger partial charge is 0.326 e. The van der Waals surface area contributed by atoms with E-state index in [1.807, 2.05) is 27.1 Å². The topological polar surface area (TPSA) is 81.9 Å². The van der Waals surface area contributed by atoms with E-state index in [4.69, 9.17) is 15.2 Å². The van der Waals surface area contributed by atoms with Crippen molar-refractivity contribution in [2.75, 3.05) is 27.2 Å². The van der Waals surface area contributed by atoms with Gasteiger partial charge < -0.3 is 20.1 Å². The van der Waals surface area contributed by atoms with Gasteiger partial charge in [-0.1, -0.05) is 118 Å². The maximum absolute atomic E-state index is 12.9. The van der Waals surface area contributed by atoms with E-state index in [0.717, 1.165) is 43.6 Å². The van der Waals surface area contributed by atoms with Crippen molar-refractivity contribution in [1.29, 1.82) is 0 Å². The highest BCUT2D eigenvalue weighted by atomic mass is 16.5. The molecule has 0 aromatic carbocycles. The van der Waals surface area contributed by atoms with Crippen LogP contribution >= 0.6 is 0 Å². The summed E-state index contributed by atoms with van der Waals surface area (Å²) in [6.07, 6.45) is 18.4. The fourth-order valence-electron chi connectivity index (χ4n) is 6.26. The Morgan fingerprint density at radius 2 is 1.27 bits per heavy atom. The van der Waals surface area contributed by atoms with E-state index in [1.54, 1.807) is 13.0 Å². The molecule has 2 N–H and O–H groups in total. The number of ether oxygens (including phenoxy) is 2. The second-order valence-corrected chi connectivity index (χ2v) is 15.7. The predicted octanol–water partition coefficient (Wildman–Crippen LogP) is 9.35. The number of rotatable bonds is 26. The summed E-state index contributed by atoms with van der Waals surface area (Å²) in [5.74, 6) is 2.39. The van der Waals surface area contributed by atoms with Crippen LogP contribution in [0.3, 0.4) is 0 Å². The lowest BCUT2D eigenvalue weighted by Gasteiger charge is -2.39. The van der Waals surface area contributed by atoms with Crippen LogP contribution < -0.4 is 5.73 Å². The molecule has 260 valence electrons. The van der Waals surface area contributed by atoms with Crippen LogP contribution in [0.1, 0.15) is 152 Å². The van der Waals surface area contributed by atoms with Gasteiger partial charge in [0.1, 0.15) is 18.2 Å². The van der Waals surface area contributed by atoms with Gasteiger partial charge in [0.05, 0.1) is 0 Å². The summed E-state index contributed by atoms with van der Waals surface area (Å²) in [5, 5.41) is 0. The lowest BCUT2D eigenvalue weighted by Crippen LogP contribution is -2.51. The lowest BCUT2D eigenvalue weighted by molar-refractivity contribution is -0.159. The summed E-state index contributed by atoms with van der Waals surface area (Å²) in [6, 6.07) is 0. The third-order valence-electron chi connectivity index (χ3n) is 9.15. The normalized spacial score (nSPS) is 16.6. The molecule has 0 aliphatic heterocycles. The largest absolute Gasteiger partial charge is 0.462 e. The zero-order chi connectivity index (χ0) is 33.8. The molecule has 0 saturated heterocycles. The van der Waals surface area contributed by atoms with Crippen molar-refractivity contribution >= 4 is 11.9 Å². The van der Waals surface area contributed by atoms with Crippen LogP contribution in [0.4, 0.5) is 0 Å². The van der Waals surface area contributed by atoms with Gasteiger partial charge in [-0.15, -0.1) is 0 Å². The molecule has 6 nitrogen and oxygen atoms in total. The molecule has 44 heavy (non-hydrogen) atoms. The highest BCUT2D eigenvalue weighted by molar-refractivity contribution is 5.80. The van der Waals surface area contributed by atoms with Gasteiger partial charge in [-0.2, -0.15) is 0 Å². The molecule has 6 heteroatoms. The molecule has 0 heterocycles. The Morgan fingerprint density at radius 3 is 1.75 bits per heavy atom. The molecule has 0 saturated carbocycles. The van der Waals surface area contributed by atoms with E-state index in [0.29, 0.717) is 18.8 Å². The van der Waals surface area contributed by atoms with Crippen LogP contribution in [-0.4, -0.2) is 55.7 Å². The molecule has 5 unspecified atom stereocenters. The van der Waals surface area contributed by atoms with Crippen LogP contribution in [0.5, 0.6) is 0 Å². The molecular weight excluding hydrogens is 548 g/mol. The Balaban J connectivity index is 4.94. The van der Waals surface area contributed by atoms with Crippen molar-refractivity contribution in [3.8, 4) is 0 Å². The summed E-state index contributed by atoms with van der Waals surface area (Å²) >= 11 is 0. The third-order valence-corrected chi connectivity index (χ3v) is 9.15. The minimum absolute atomic E-state index is 0.171. The number of allylic oxidation sites excluding steroid dienone is 1. The third kappa shape index (κ3) is 21.4. The van der Waals surface area contributed by atoms with Gasteiger partial charge in [0.2, 0.25) is 0 Å². The zero-order valence-corrected chi connectivity index (χ0v) is 31.0. The number of hydrogen-bond acceptors (Lipinski definition) is 6. The molecule has 0 fully saturated rings. The van der Waals surface area contributed by atoms with Crippen LogP contribution in [0.2, 0.25) is 0 Å². The molecule has 0 rings (SSSR count). The molecule has 0 radical (unpaired) electrons. The van der Waals surface area contributed by atoms with Gasteiger partial charge in [0.15, 0.2) is 0 Å². The number of hydrogen-bond donors (Lipinski definition) is 1. The lowest BCUT2D eigenvalue weighted by atomic mass is 9.73. The van der Waals surface area contributed by atoms with Crippen molar-refractivity contribution in [3.05, 3.63) is 12.2 Å². The monoisotopic (exact) mass is 623 g/mol. The SMILES string of the molecule is C/C=C/COC(=O)C(C)(N)CC(C)(C)C(CCC(C)CCCC(C)CCCC(C)CCCC(C)C)OC(=O)CCCN(C)C. The molecule has 0 bridgehead atoms. The number of carbonyl (C=O) groups excluding carboxylic acids is 2. The van der Waals surface area contributed by atoms with Crippen LogP contribution in [0, 0.1) is 29.1 Å². The Kier molecular flexibility index (Phi) is 22.3. The average Bonchev–Trinajstić information content (AvgIpc) is 2.90. The first-order valence-electron chi connectivity index (χ1n) is 17.9. The van der Waals surface area contributed by atoms with Crippen molar-refractivity contribution in [2.24, 2.45) is 34.8 Å². The maximum Gasteiger partial charge on any atom is 0.326 e. The second kappa shape index (κ2) is 23.0. The number of carbonyl (C=O) groups is 2. The first-order chi connectivity index (χ1) is 20.5. The van der Waals surface area contributed by atoms with Crippen molar-refractivity contribution in [3.63, 3.8) is 0 Å². The highest BCUT2D eigenvalue weighted by Crippen LogP contribution is 2.36. The fraction of sp³-hybridized carbons (Fsp3) is 0.895. The predicted molar refractivity (Wildman–Crippen MR) is 188 cm³/mol. The van der Waals surface area contributed by atoms with E-state index in [-0.39, 0.29) is 18.7 Å². The molecule has 0 aliphatic rings. The van der Waals surface area contributed by atoms with E-state index >= 15 is 0 Å². The molecule has 0 aliphatic carbocycles. The fourth-order valence-corrected chi connectivity index (χ4v) is 6.26. The van der Waals surface area contributed by atoms with Gasteiger partial charge in [0, 0.05) is 11.8 Å². The molecule has 0 amide bonds. The van der Waals surface area contributed by atoms with Gasteiger partial charge >= 0.3 is 11.9 Å². The van der Waals surface area contributed by atoms with E-state index in [1.165, 1.54) is 57.8 Å². The van der Waals surface area contributed by atoms with Crippen LogP contribution in [0.15, 0.2) is 12.2 Å². The average molecular weight is 623 g/mol. The molecule has 0 aromatic rings. The Labute approximate surface area is 273 Å². The Morgan fingerprint density at radius 1 is 0.773 bits per heavy atom. The van der Waals surface area contributed by atoms with Crippen molar-refractivity contribution in [2.45, 2.75) is 164 Å². The van der Waals surface area contributed by atoms with Gasteiger partial charge in [-0.3, -0.25) is 9.59 Å². The summed E-state index contributed by atoms with van der Waals surface area (Å²) in [4.78, 5) is 27.7. The number of nitrogens with two attached hydrogens (primary N) is 1. The summed E-state index contributed by atoms with van der Waals surface area (Å²) in [7, 11) is 4.01. The van der Waals surface area contributed by atoms with E-state index in [2.05, 4.69) is 53.4 Å². The molecular formula is C38H74N2O4. The van der Waals surface area contributed by atoms with Crippen molar-refractivity contribution < 1.29 is 19.1 Å². The van der Waals surface area contributed by atoms with Crippen LogP contribution in [0.25, 0.3) is 0 Å². The zero-order valence-electron chi connectivity index (χ0n) is 31.0. The second-order valence-electron chi connectivity index (χ2n) is 15.7. The van der Waals surface area contributed by atoms with Gasteiger partial charge in [-0.05, 0) is 83.8 Å². The van der Waals surface area contributed by atoms with Crippen molar-refractivity contribution in [1.82, 2.24) is 4.90 Å². The minimum atomic E-state index is -1.17. The molecule has 0 spiro atoms. The first kappa shape index (κ1) is 42.6. The summed E-state index contributed by atoms with van der Waals surface area (Å²) in [5.41, 5.74) is 4.84. The Hall–Kier alpha value is -1.40. The molecule has 0 aromatic heterocycles. The standard InChI is InChI=1S/C38H74N2O4/c1-12-13-28-43-36(42)38(9,39)29-37(7,8)34(44-35(41)24-17-27-40(10)11)26-25-33(6)23-16-22-32(5)21-15-20-31(4)19-14-18-30(2)3/h12-13,30-34H,14-29,39H2,1-11H3/b13-12+. The number of esters is 2. The maximum atomic E-state index is 12.9. The quantitative estimate of drug-likeness (QED) is 0.0765. The minimum Gasteiger partial charge on any atom is -0.462 e. The first-order valence-corrected chi connectivity index (χ1v) is 17.9.